The van der Waals surface area contributed by atoms with Crippen molar-refractivity contribution in [1.82, 2.24) is 4.90 Å². The first-order valence-electron chi connectivity index (χ1n) is 10.5. The molecule has 0 bridgehead atoms. The number of aldehydes is 1. The first kappa shape index (κ1) is 17.0. The number of ether oxygens (including phenoxy) is 1. The van der Waals surface area contributed by atoms with E-state index in [9.17, 15) is 4.79 Å². The maximum Gasteiger partial charge on any atom is 0.120 e. The largest absolute Gasteiger partial charge is 0.381 e. The summed E-state index contributed by atoms with van der Waals surface area (Å²) in [6, 6.07) is 0.774. The number of fused-ring (bicyclic) bond motifs is 1. The Bertz CT molecular complexity index is 436. The van der Waals surface area contributed by atoms with E-state index in [1.807, 2.05) is 7.11 Å². The number of hydrogen-bond donors (Lipinski definition) is 0. The van der Waals surface area contributed by atoms with E-state index in [1.54, 1.807) is 0 Å². The molecule has 0 aromatic rings. The Morgan fingerprint density at radius 2 is 1.88 bits per heavy atom. The molecule has 0 aromatic carbocycles. The third kappa shape index (κ3) is 3.44. The van der Waals surface area contributed by atoms with Crippen LogP contribution >= 0.6 is 0 Å². The third-order valence-electron chi connectivity index (χ3n) is 7.70. The molecule has 0 N–H and O–H groups in total. The van der Waals surface area contributed by atoms with Crippen molar-refractivity contribution in [3.05, 3.63) is 0 Å². The molecule has 4 fully saturated rings. The van der Waals surface area contributed by atoms with Gasteiger partial charge < -0.3 is 9.53 Å². The normalized spacial score (nSPS) is 43.5. The topological polar surface area (TPSA) is 29.5 Å². The summed E-state index contributed by atoms with van der Waals surface area (Å²) in [5, 5.41) is 0. The fourth-order valence-corrected chi connectivity index (χ4v) is 6.32. The van der Waals surface area contributed by atoms with Gasteiger partial charge in [0.25, 0.3) is 0 Å². The molecular weight excluding hydrogens is 298 g/mol. The summed E-state index contributed by atoms with van der Waals surface area (Å²) in [6.45, 7) is 2.50. The fourth-order valence-electron chi connectivity index (χ4n) is 6.32. The molecule has 0 spiro atoms. The van der Waals surface area contributed by atoms with Crippen molar-refractivity contribution in [2.75, 3.05) is 20.2 Å². The van der Waals surface area contributed by atoms with Gasteiger partial charge in [0, 0.05) is 32.7 Å². The SMILES string of the molecule is COC1CCCCC1C1CCC2C(C1)C(CC=O)CN2CC1CC1. The Kier molecular flexibility index (Phi) is 5.29. The number of likely N-dealkylation sites (tertiary alicyclic amines) is 1. The lowest BCUT2D eigenvalue weighted by atomic mass is 9.66. The van der Waals surface area contributed by atoms with Gasteiger partial charge in [-0.25, -0.2) is 0 Å². The second-order valence-corrected chi connectivity index (χ2v) is 9.09. The zero-order valence-corrected chi connectivity index (χ0v) is 15.4. The van der Waals surface area contributed by atoms with Crippen molar-refractivity contribution >= 4 is 6.29 Å². The highest BCUT2D eigenvalue weighted by Gasteiger charge is 2.47. The average Bonchev–Trinajstić information content (AvgIpc) is 3.38. The van der Waals surface area contributed by atoms with Gasteiger partial charge in [-0.15, -0.1) is 0 Å². The van der Waals surface area contributed by atoms with Crippen LogP contribution in [-0.4, -0.2) is 43.5 Å². The lowest BCUT2D eigenvalue weighted by Crippen LogP contribution is -2.42. The van der Waals surface area contributed by atoms with Crippen molar-refractivity contribution in [3.8, 4) is 0 Å². The van der Waals surface area contributed by atoms with Crippen LogP contribution < -0.4 is 0 Å². The van der Waals surface area contributed by atoms with Crippen molar-refractivity contribution in [2.24, 2.45) is 29.6 Å². The Labute approximate surface area is 147 Å². The maximum absolute atomic E-state index is 11.2. The van der Waals surface area contributed by atoms with Crippen LogP contribution in [-0.2, 0) is 9.53 Å². The van der Waals surface area contributed by atoms with Gasteiger partial charge in [-0.05, 0) is 74.5 Å². The van der Waals surface area contributed by atoms with Crippen LogP contribution in [0.5, 0.6) is 0 Å². The summed E-state index contributed by atoms with van der Waals surface area (Å²) in [4.78, 5) is 14.0. The molecule has 4 rings (SSSR count). The molecule has 1 saturated heterocycles. The standard InChI is InChI=1S/C21H35NO2/c1-24-21-5-3-2-4-18(21)16-8-9-20-19(12-16)17(10-11-23)14-22(20)13-15-6-7-15/h11,15-21H,2-10,12-14H2,1H3. The lowest BCUT2D eigenvalue weighted by Gasteiger charge is -2.43. The van der Waals surface area contributed by atoms with Gasteiger partial charge in [-0.1, -0.05) is 12.8 Å². The predicted octanol–water partition coefficient (Wildman–Crippen LogP) is 3.91. The highest BCUT2D eigenvalue weighted by molar-refractivity contribution is 5.50. The predicted molar refractivity (Wildman–Crippen MR) is 95.8 cm³/mol. The van der Waals surface area contributed by atoms with Crippen LogP contribution in [0, 0.1) is 29.6 Å². The molecule has 0 amide bonds. The molecule has 3 heteroatoms. The van der Waals surface area contributed by atoms with Gasteiger partial charge in [0.2, 0.25) is 0 Å². The average molecular weight is 334 g/mol. The zero-order valence-electron chi connectivity index (χ0n) is 15.4. The summed E-state index contributed by atoms with van der Waals surface area (Å²) < 4.78 is 5.86. The Morgan fingerprint density at radius 1 is 1.04 bits per heavy atom. The van der Waals surface area contributed by atoms with E-state index in [0.29, 0.717) is 12.0 Å². The monoisotopic (exact) mass is 333 g/mol. The number of methoxy groups -OCH3 is 1. The molecule has 4 aliphatic rings. The molecule has 3 nitrogen and oxygen atoms in total. The number of carbonyl (C=O) groups is 1. The van der Waals surface area contributed by atoms with E-state index in [1.165, 1.54) is 77.2 Å². The van der Waals surface area contributed by atoms with E-state index in [2.05, 4.69) is 4.90 Å². The van der Waals surface area contributed by atoms with Crippen LogP contribution in [0.3, 0.4) is 0 Å². The highest BCUT2D eigenvalue weighted by atomic mass is 16.5. The molecule has 0 aromatic heterocycles. The van der Waals surface area contributed by atoms with Crippen LogP contribution in [0.1, 0.15) is 64.2 Å². The highest BCUT2D eigenvalue weighted by Crippen LogP contribution is 2.48. The first-order chi connectivity index (χ1) is 11.8. The molecule has 136 valence electrons. The summed E-state index contributed by atoms with van der Waals surface area (Å²) in [7, 11) is 1.91. The molecule has 24 heavy (non-hydrogen) atoms. The van der Waals surface area contributed by atoms with Crippen molar-refractivity contribution in [1.29, 1.82) is 0 Å². The number of carbonyl (C=O) groups excluding carboxylic acids is 1. The molecule has 0 radical (unpaired) electrons. The van der Waals surface area contributed by atoms with Gasteiger partial charge in [0.05, 0.1) is 6.10 Å². The molecule has 3 saturated carbocycles. The van der Waals surface area contributed by atoms with Crippen LogP contribution in [0.25, 0.3) is 0 Å². The summed E-state index contributed by atoms with van der Waals surface area (Å²) in [5.74, 6) is 3.98. The molecule has 1 aliphatic heterocycles. The van der Waals surface area contributed by atoms with Crippen LogP contribution in [0.4, 0.5) is 0 Å². The Balaban J connectivity index is 1.44. The summed E-state index contributed by atoms with van der Waals surface area (Å²) in [5.41, 5.74) is 0. The Morgan fingerprint density at radius 3 is 2.62 bits per heavy atom. The van der Waals surface area contributed by atoms with E-state index in [-0.39, 0.29) is 0 Å². The molecule has 3 aliphatic carbocycles. The molecular formula is C21H35NO2. The van der Waals surface area contributed by atoms with E-state index in [0.717, 1.165) is 36.1 Å². The van der Waals surface area contributed by atoms with Gasteiger partial charge in [0.15, 0.2) is 0 Å². The minimum absolute atomic E-state index is 0.494. The van der Waals surface area contributed by atoms with Gasteiger partial charge in [0.1, 0.15) is 6.29 Å². The van der Waals surface area contributed by atoms with Gasteiger partial charge in [-0.2, -0.15) is 0 Å². The minimum atomic E-state index is 0.494. The van der Waals surface area contributed by atoms with Crippen LogP contribution in [0.15, 0.2) is 0 Å². The van der Waals surface area contributed by atoms with E-state index in [4.69, 9.17) is 4.74 Å². The number of hydrogen-bond acceptors (Lipinski definition) is 3. The lowest BCUT2D eigenvalue weighted by molar-refractivity contribution is -0.108. The smallest absolute Gasteiger partial charge is 0.120 e. The van der Waals surface area contributed by atoms with E-state index < -0.39 is 0 Å². The molecule has 6 unspecified atom stereocenters. The summed E-state index contributed by atoms with van der Waals surface area (Å²) >= 11 is 0. The number of rotatable bonds is 6. The van der Waals surface area contributed by atoms with Crippen molar-refractivity contribution in [3.63, 3.8) is 0 Å². The second-order valence-electron chi connectivity index (χ2n) is 9.09. The first-order valence-corrected chi connectivity index (χ1v) is 10.5. The van der Waals surface area contributed by atoms with Gasteiger partial charge >= 0.3 is 0 Å². The molecule has 6 atom stereocenters. The van der Waals surface area contributed by atoms with Crippen molar-refractivity contribution in [2.45, 2.75) is 76.4 Å². The summed E-state index contributed by atoms with van der Waals surface area (Å²) in [6.07, 6.45) is 14.8. The fraction of sp³-hybridized carbons (Fsp3) is 0.952. The van der Waals surface area contributed by atoms with Crippen LogP contribution in [0.2, 0.25) is 0 Å². The van der Waals surface area contributed by atoms with Crippen molar-refractivity contribution < 1.29 is 9.53 Å². The quantitative estimate of drug-likeness (QED) is 0.690. The molecule has 1 heterocycles. The second kappa shape index (κ2) is 7.45. The number of nitrogens with zero attached hydrogens (tertiary/aromatic N) is 1. The zero-order chi connectivity index (χ0) is 16.5. The third-order valence-corrected chi connectivity index (χ3v) is 7.70. The van der Waals surface area contributed by atoms with E-state index >= 15 is 0 Å². The Hall–Kier alpha value is -0.410. The minimum Gasteiger partial charge on any atom is -0.381 e. The maximum atomic E-state index is 11.2. The van der Waals surface area contributed by atoms with Gasteiger partial charge in [-0.3, -0.25) is 4.90 Å².